The van der Waals surface area contributed by atoms with Gasteiger partial charge in [0, 0.05) is 30.1 Å². The van der Waals surface area contributed by atoms with Gasteiger partial charge in [-0.05, 0) is 19.3 Å². The fourth-order valence-electron chi connectivity index (χ4n) is 3.57. The number of rotatable bonds is 1. The molecular weight excluding hydrogens is 310 g/mol. The highest BCUT2D eigenvalue weighted by atomic mass is 35.5. The van der Waals surface area contributed by atoms with Gasteiger partial charge < -0.3 is 9.64 Å². The van der Waals surface area contributed by atoms with Crippen LogP contribution in [0, 0.1) is 18.8 Å². The van der Waals surface area contributed by atoms with Crippen molar-refractivity contribution in [3.63, 3.8) is 0 Å². The molecule has 3 nitrogen and oxygen atoms in total. The van der Waals surface area contributed by atoms with E-state index in [0.29, 0.717) is 29.6 Å². The average Bonchev–Trinajstić information content (AvgIpc) is 2.60. The molecule has 0 aromatic carbocycles. The van der Waals surface area contributed by atoms with E-state index in [9.17, 15) is 8.78 Å². The predicted octanol–water partition coefficient (Wildman–Crippen LogP) is 4.31. The lowest BCUT2D eigenvalue weighted by molar-refractivity contribution is -0.0895. The van der Waals surface area contributed by atoms with Crippen molar-refractivity contribution in [2.24, 2.45) is 11.8 Å². The lowest BCUT2D eigenvalue weighted by Gasteiger charge is -2.45. The Morgan fingerprint density at radius 2 is 2.18 bits per heavy atom. The standard InChI is InChI=1S/C16H21ClF2N2O/c1-9(2)12-6-11-4-5-22-14-10(3)13(17)7-20-15(14)21(11)8-16(12,18)19/h7,9,11-12H,4-6,8H2,1-3H3. The molecule has 0 radical (unpaired) electrons. The van der Waals surface area contributed by atoms with E-state index in [2.05, 4.69) is 4.98 Å². The monoisotopic (exact) mass is 330 g/mol. The van der Waals surface area contributed by atoms with Gasteiger partial charge in [-0.15, -0.1) is 0 Å². The van der Waals surface area contributed by atoms with Crippen LogP contribution in [0.5, 0.6) is 5.75 Å². The van der Waals surface area contributed by atoms with E-state index in [0.717, 1.165) is 12.0 Å². The Labute approximate surface area is 134 Å². The molecule has 22 heavy (non-hydrogen) atoms. The number of fused-ring (bicyclic) bond motifs is 3. The molecule has 2 atom stereocenters. The number of halogens is 3. The van der Waals surface area contributed by atoms with Crippen molar-refractivity contribution in [3.8, 4) is 5.75 Å². The van der Waals surface area contributed by atoms with Gasteiger partial charge in [-0.3, -0.25) is 0 Å². The van der Waals surface area contributed by atoms with Gasteiger partial charge in [-0.2, -0.15) is 0 Å². The maximum absolute atomic E-state index is 14.6. The molecule has 0 amide bonds. The zero-order valence-corrected chi connectivity index (χ0v) is 13.8. The van der Waals surface area contributed by atoms with E-state index < -0.39 is 11.8 Å². The van der Waals surface area contributed by atoms with Crippen molar-refractivity contribution in [1.82, 2.24) is 4.98 Å². The molecule has 2 unspecified atom stereocenters. The topological polar surface area (TPSA) is 25.4 Å². The van der Waals surface area contributed by atoms with Crippen LogP contribution in [0.1, 0.15) is 32.3 Å². The molecule has 1 aromatic heterocycles. The number of aromatic nitrogens is 1. The summed E-state index contributed by atoms with van der Waals surface area (Å²) in [7, 11) is 0. The van der Waals surface area contributed by atoms with Crippen LogP contribution in [0.2, 0.25) is 5.02 Å². The van der Waals surface area contributed by atoms with Gasteiger partial charge in [0.2, 0.25) is 0 Å². The van der Waals surface area contributed by atoms with Crippen LogP contribution < -0.4 is 9.64 Å². The molecule has 2 aliphatic rings. The number of hydrogen-bond acceptors (Lipinski definition) is 3. The Balaban J connectivity index is 2.01. The van der Waals surface area contributed by atoms with Crippen LogP contribution in [0.15, 0.2) is 6.20 Å². The number of piperidine rings is 1. The molecule has 122 valence electrons. The fourth-order valence-corrected chi connectivity index (χ4v) is 3.71. The van der Waals surface area contributed by atoms with Crippen LogP contribution in [0.3, 0.4) is 0 Å². The van der Waals surface area contributed by atoms with Crippen molar-refractivity contribution >= 4 is 17.4 Å². The minimum Gasteiger partial charge on any atom is -0.489 e. The minimum absolute atomic E-state index is 0.0410. The van der Waals surface area contributed by atoms with Gasteiger partial charge in [0.1, 0.15) is 0 Å². The van der Waals surface area contributed by atoms with Crippen molar-refractivity contribution < 1.29 is 13.5 Å². The van der Waals surface area contributed by atoms with Gasteiger partial charge in [0.15, 0.2) is 11.6 Å². The minimum atomic E-state index is -2.72. The first kappa shape index (κ1) is 15.8. The van der Waals surface area contributed by atoms with Crippen LogP contribution in [0.4, 0.5) is 14.6 Å². The molecule has 6 heteroatoms. The summed E-state index contributed by atoms with van der Waals surface area (Å²) in [5.74, 6) is -2.30. The predicted molar refractivity (Wildman–Crippen MR) is 83.1 cm³/mol. The second-order valence-electron chi connectivity index (χ2n) is 6.65. The molecule has 0 saturated carbocycles. The highest BCUT2D eigenvalue weighted by molar-refractivity contribution is 6.31. The maximum Gasteiger partial charge on any atom is 0.268 e. The first-order chi connectivity index (χ1) is 10.3. The quantitative estimate of drug-likeness (QED) is 0.767. The van der Waals surface area contributed by atoms with Gasteiger partial charge in [-0.1, -0.05) is 25.4 Å². The third-order valence-corrected chi connectivity index (χ3v) is 5.25. The Bertz CT molecular complexity index is 580. The number of alkyl halides is 2. The Morgan fingerprint density at radius 1 is 1.45 bits per heavy atom. The van der Waals surface area contributed by atoms with E-state index in [1.165, 1.54) is 6.20 Å². The summed E-state index contributed by atoms with van der Waals surface area (Å²) < 4.78 is 34.9. The number of pyridine rings is 1. The highest BCUT2D eigenvalue weighted by Crippen LogP contribution is 2.46. The zero-order valence-electron chi connectivity index (χ0n) is 13.1. The summed E-state index contributed by atoms with van der Waals surface area (Å²) in [5, 5.41) is 0.501. The molecule has 3 heterocycles. The van der Waals surface area contributed by atoms with E-state index >= 15 is 0 Å². The fraction of sp³-hybridized carbons (Fsp3) is 0.688. The van der Waals surface area contributed by atoms with Gasteiger partial charge in [0.05, 0.1) is 18.2 Å². The van der Waals surface area contributed by atoms with Crippen LogP contribution in [0.25, 0.3) is 0 Å². The molecule has 0 aliphatic carbocycles. The summed E-state index contributed by atoms with van der Waals surface area (Å²) >= 11 is 6.09. The lowest BCUT2D eigenvalue weighted by Crippen LogP contribution is -2.55. The smallest absolute Gasteiger partial charge is 0.268 e. The van der Waals surface area contributed by atoms with Crippen molar-refractivity contribution in [1.29, 1.82) is 0 Å². The van der Waals surface area contributed by atoms with Gasteiger partial charge in [-0.25, -0.2) is 13.8 Å². The van der Waals surface area contributed by atoms with Crippen molar-refractivity contribution in [2.75, 3.05) is 18.1 Å². The van der Waals surface area contributed by atoms with E-state index in [-0.39, 0.29) is 18.5 Å². The molecule has 3 rings (SSSR count). The average molecular weight is 331 g/mol. The van der Waals surface area contributed by atoms with Crippen molar-refractivity contribution in [3.05, 3.63) is 16.8 Å². The number of nitrogens with zero attached hydrogens (tertiary/aromatic N) is 2. The summed E-state index contributed by atoms with van der Waals surface area (Å²) in [5.41, 5.74) is 0.765. The normalized spacial score (nSPS) is 27.0. The van der Waals surface area contributed by atoms with Crippen molar-refractivity contribution in [2.45, 2.75) is 45.6 Å². The molecular formula is C16H21ClF2N2O. The number of ether oxygens (including phenoxy) is 1. The number of anilines is 1. The molecule has 0 spiro atoms. The summed E-state index contributed by atoms with van der Waals surface area (Å²) in [6, 6.07) is 0.0429. The molecule has 1 saturated heterocycles. The zero-order chi connectivity index (χ0) is 16.1. The SMILES string of the molecule is Cc1c(Cl)cnc2c1OCCC1CC(C(C)C)C(F)(F)CN21. The van der Waals surface area contributed by atoms with Gasteiger partial charge >= 0.3 is 0 Å². The third-order valence-electron chi connectivity index (χ3n) is 4.87. The Morgan fingerprint density at radius 3 is 2.86 bits per heavy atom. The second kappa shape index (κ2) is 5.52. The highest BCUT2D eigenvalue weighted by Gasteiger charge is 2.50. The summed E-state index contributed by atoms with van der Waals surface area (Å²) in [6.07, 6.45) is 2.72. The van der Waals surface area contributed by atoms with Gasteiger partial charge in [0.25, 0.3) is 5.92 Å². The molecule has 0 N–H and O–H groups in total. The largest absolute Gasteiger partial charge is 0.489 e. The lowest BCUT2D eigenvalue weighted by atomic mass is 9.79. The van der Waals surface area contributed by atoms with E-state index in [1.807, 2.05) is 20.8 Å². The second-order valence-corrected chi connectivity index (χ2v) is 7.06. The molecule has 2 aliphatic heterocycles. The summed E-state index contributed by atoms with van der Waals surface area (Å²) in [6.45, 7) is 5.79. The van der Waals surface area contributed by atoms with Crippen LogP contribution in [-0.4, -0.2) is 30.1 Å². The third kappa shape index (κ3) is 2.53. The summed E-state index contributed by atoms with van der Waals surface area (Å²) in [4.78, 5) is 6.02. The van der Waals surface area contributed by atoms with Crippen LogP contribution >= 0.6 is 11.6 Å². The number of hydrogen-bond donors (Lipinski definition) is 0. The van der Waals surface area contributed by atoms with E-state index in [4.69, 9.17) is 16.3 Å². The molecule has 1 aromatic rings. The molecule has 0 bridgehead atoms. The first-order valence-electron chi connectivity index (χ1n) is 7.73. The Hall–Kier alpha value is -1.10. The maximum atomic E-state index is 14.6. The first-order valence-corrected chi connectivity index (χ1v) is 8.11. The van der Waals surface area contributed by atoms with E-state index in [1.54, 1.807) is 4.90 Å². The molecule has 1 fully saturated rings. The Kier molecular flexibility index (Phi) is 3.96. The van der Waals surface area contributed by atoms with Crippen LogP contribution in [-0.2, 0) is 0 Å².